The minimum atomic E-state index is -0.326. The molecular formula is C23H15BrN2O4. The number of carbonyl (C=O) groups is 1. The van der Waals surface area contributed by atoms with Crippen LogP contribution >= 0.6 is 15.9 Å². The Bertz CT molecular complexity index is 1460. The highest BCUT2D eigenvalue weighted by Crippen LogP contribution is 2.28. The van der Waals surface area contributed by atoms with Crippen LogP contribution in [-0.2, 0) is 11.3 Å². The summed E-state index contributed by atoms with van der Waals surface area (Å²) in [6.45, 7) is 4.25. The molecule has 2 aromatic carbocycles. The van der Waals surface area contributed by atoms with Crippen molar-refractivity contribution in [3.05, 3.63) is 96.9 Å². The van der Waals surface area contributed by atoms with Crippen LogP contribution in [0.15, 0.2) is 68.3 Å². The van der Waals surface area contributed by atoms with E-state index in [0.29, 0.717) is 39.9 Å². The summed E-state index contributed by atoms with van der Waals surface area (Å²) in [5.41, 5.74) is 2.67. The summed E-state index contributed by atoms with van der Waals surface area (Å²) in [6, 6.07) is 16.5. The fourth-order valence-electron chi connectivity index (χ4n) is 3.41. The molecule has 0 radical (unpaired) electrons. The number of H-pyrrole nitrogens is 1. The van der Waals surface area contributed by atoms with Gasteiger partial charge in [-0.25, -0.2) is 9.48 Å². The third-order valence-corrected chi connectivity index (χ3v) is 5.51. The molecule has 6 nitrogen and oxygen atoms in total. The van der Waals surface area contributed by atoms with Crippen LogP contribution in [0.2, 0.25) is 0 Å². The van der Waals surface area contributed by atoms with Crippen molar-refractivity contribution in [2.75, 3.05) is 0 Å². The molecule has 0 atom stereocenters. The number of fused-ring (bicyclic) bond motifs is 1. The number of esters is 1. The normalized spacial score (nSPS) is 13.5. The van der Waals surface area contributed by atoms with Crippen molar-refractivity contribution < 1.29 is 13.9 Å². The van der Waals surface area contributed by atoms with E-state index in [1.807, 2.05) is 36.4 Å². The fourth-order valence-corrected chi connectivity index (χ4v) is 3.68. The third-order valence-electron chi connectivity index (χ3n) is 4.98. The molecule has 0 saturated carbocycles. The number of aromatic amines is 1. The number of benzene rings is 2. The highest BCUT2D eigenvalue weighted by atomic mass is 79.9. The molecule has 0 aliphatic carbocycles. The molecule has 0 unspecified atom stereocenters. The van der Waals surface area contributed by atoms with Crippen LogP contribution < -0.4 is 16.1 Å². The molecule has 148 valence electrons. The minimum Gasteiger partial charge on any atom is -0.457 e. The molecule has 7 heteroatoms. The van der Waals surface area contributed by atoms with E-state index in [-0.39, 0.29) is 11.5 Å². The molecular weight excluding hydrogens is 448 g/mol. The van der Waals surface area contributed by atoms with E-state index >= 15 is 0 Å². The predicted octanol–water partition coefficient (Wildman–Crippen LogP) is 3.10. The first-order chi connectivity index (χ1) is 14.5. The summed E-state index contributed by atoms with van der Waals surface area (Å²) in [5.74, 6) is 0.780. The van der Waals surface area contributed by atoms with Gasteiger partial charge in [-0.05, 0) is 48.5 Å². The zero-order valence-electron chi connectivity index (χ0n) is 15.6. The predicted molar refractivity (Wildman–Crippen MR) is 116 cm³/mol. The average molecular weight is 463 g/mol. The summed E-state index contributed by atoms with van der Waals surface area (Å²) < 4.78 is 13.3. The van der Waals surface area contributed by atoms with E-state index in [2.05, 4.69) is 27.6 Å². The Morgan fingerprint density at radius 3 is 2.67 bits per heavy atom. The van der Waals surface area contributed by atoms with Gasteiger partial charge in [-0.3, -0.25) is 9.89 Å². The second-order valence-corrected chi connectivity index (χ2v) is 7.83. The standard InChI is InChI=1S/C23H15BrN2O4/c1-13-19(22(27)26(25-13)17-6-4-16(24)5-7-17)11-18-8-9-21(30-18)14-2-3-15-12-29-23(28)20(15)10-14/h2-11,25H,1,12H2/b19-11-. The molecule has 30 heavy (non-hydrogen) atoms. The first kappa shape index (κ1) is 18.4. The van der Waals surface area contributed by atoms with Crippen LogP contribution in [-0.4, -0.2) is 15.7 Å². The summed E-state index contributed by atoms with van der Waals surface area (Å²) in [6.07, 6.45) is 1.65. The number of halogens is 1. The molecule has 2 aromatic heterocycles. The van der Waals surface area contributed by atoms with Crippen LogP contribution in [0.3, 0.4) is 0 Å². The number of rotatable bonds is 3. The van der Waals surface area contributed by atoms with Crippen molar-refractivity contribution in [1.82, 2.24) is 9.78 Å². The van der Waals surface area contributed by atoms with Gasteiger partial charge in [0.05, 0.1) is 21.8 Å². The topological polar surface area (TPSA) is 77.2 Å². The van der Waals surface area contributed by atoms with Gasteiger partial charge in [-0.15, -0.1) is 0 Å². The lowest BCUT2D eigenvalue weighted by Crippen LogP contribution is -2.33. The molecule has 0 amide bonds. The number of cyclic esters (lactones) is 1. The van der Waals surface area contributed by atoms with Gasteiger partial charge in [0.1, 0.15) is 18.1 Å². The highest BCUT2D eigenvalue weighted by molar-refractivity contribution is 9.10. The minimum absolute atomic E-state index is 0.222. The second kappa shape index (κ2) is 7.03. The maximum absolute atomic E-state index is 12.9. The molecule has 1 N–H and O–H groups in total. The Morgan fingerprint density at radius 2 is 1.87 bits per heavy atom. The van der Waals surface area contributed by atoms with Crippen molar-refractivity contribution in [2.24, 2.45) is 0 Å². The monoisotopic (exact) mass is 462 g/mol. The molecule has 0 saturated heterocycles. The lowest BCUT2D eigenvalue weighted by Gasteiger charge is -2.00. The first-order valence-corrected chi connectivity index (χ1v) is 9.97. The van der Waals surface area contributed by atoms with Crippen molar-refractivity contribution >= 4 is 34.6 Å². The van der Waals surface area contributed by atoms with Gasteiger partial charge in [0, 0.05) is 15.6 Å². The smallest absolute Gasteiger partial charge is 0.338 e. The van der Waals surface area contributed by atoms with E-state index < -0.39 is 0 Å². The Kier molecular flexibility index (Phi) is 4.33. The van der Waals surface area contributed by atoms with Crippen molar-refractivity contribution in [2.45, 2.75) is 6.61 Å². The maximum atomic E-state index is 12.9. The molecule has 4 aromatic rings. The van der Waals surface area contributed by atoms with Crippen LogP contribution in [0.4, 0.5) is 0 Å². The molecule has 1 aliphatic heterocycles. The van der Waals surface area contributed by atoms with Gasteiger partial charge >= 0.3 is 5.97 Å². The number of nitrogens with zero attached hydrogens (tertiary/aromatic N) is 1. The molecule has 3 heterocycles. The van der Waals surface area contributed by atoms with E-state index in [0.717, 1.165) is 15.6 Å². The van der Waals surface area contributed by atoms with Gasteiger partial charge in [0.2, 0.25) is 0 Å². The molecule has 0 bridgehead atoms. The van der Waals surface area contributed by atoms with Crippen LogP contribution in [0, 0.1) is 0 Å². The lowest BCUT2D eigenvalue weighted by atomic mass is 10.0. The number of aromatic nitrogens is 2. The Hall–Kier alpha value is -3.58. The van der Waals surface area contributed by atoms with Crippen molar-refractivity contribution in [1.29, 1.82) is 0 Å². The fraction of sp³-hybridized carbons (Fsp3) is 0.0435. The van der Waals surface area contributed by atoms with E-state index in [9.17, 15) is 9.59 Å². The van der Waals surface area contributed by atoms with Gasteiger partial charge in [0.15, 0.2) is 0 Å². The zero-order valence-corrected chi connectivity index (χ0v) is 17.2. The number of ether oxygens (including phenoxy) is 1. The van der Waals surface area contributed by atoms with Crippen LogP contribution in [0.25, 0.3) is 29.7 Å². The van der Waals surface area contributed by atoms with Gasteiger partial charge in [-0.2, -0.15) is 0 Å². The van der Waals surface area contributed by atoms with Gasteiger partial charge in [0.25, 0.3) is 5.56 Å². The first-order valence-electron chi connectivity index (χ1n) is 9.17. The van der Waals surface area contributed by atoms with E-state index in [1.165, 1.54) is 4.68 Å². The van der Waals surface area contributed by atoms with Crippen LogP contribution in [0.5, 0.6) is 0 Å². The van der Waals surface area contributed by atoms with Gasteiger partial charge in [-0.1, -0.05) is 34.6 Å². The number of furan rings is 1. The highest BCUT2D eigenvalue weighted by Gasteiger charge is 2.21. The summed E-state index contributed by atoms with van der Waals surface area (Å²) in [4.78, 5) is 24.7. The molecule has 0 spiro atoms. The Labute approximate surface area is 178 Å². The van der Waals surface area contributed by atoms with E-state index in [1.54, 1.807) is 24.3 Å². The quantitative estimate of drug-likeness (QED) is 0.474. The lowest BCUT2D eigenvalue weighted by molar-refractivity contribution is 0.0535. The van der Waals surface area contributed by atoms with E-state index in [4.69, 9.17) is 9.15 Å². The number of carbonyl (C=O) groups excluding carboxylic acids is 1. The molecule has 0 fully saturated rings. The van der Waals surface area contributed by atoms with Crippen molar-refractivity contribution in [3.8, 4) is 17.0 Å². The maximum Gasteiger partial charge on any atom is 0.338 e. The zero-order chi connectivity index (χ0) is 20.8. The SMILES string of the molecule is C=c1[nH]n(-c2ccc(Br)cc2)c(=O)/c1=C\c1ccc(-c2ccc3c(c2)C(=O)OC3)o1. The molecule has 1 aliphatic rings. The molecule has 5 rings (SSSR count). The third kappa shape index (κ3) is 3.13. The Balaban J connectivity index is 1.53. The van der Waals surface area contributed by atoms with Gasteiger partial charge < -0.3 is 9.15 Å². The average Bonchev–Trinajstić information content (AvgIpc) is 3.43. The number of hydrogen-bond acceptors (Lipinski definition) is 4. The summed E-state index contributed by atoms with van der Waals surface area (Å²) >= 11 is 3.39. The summed E-state index contributed by atoms with van der Waals surface area (Å²) in [7, 11) is 0. The number of hydrogen-bond donors (Lipinski definition) is 1. The van der Waals surface area contributed by atoms with Crippen molar-refractivity contribution in [3.63, 3.8) is 0 Å². The Morgan fingerprint density at radius 1 is 1.07 bits per heavy atom. The van der Waals surface area contributed by atoms with Crippen LogP contribution in [0.1, 0.15) is 21.7 Å². The summed E-state index contributed by atoms with van der Waals surface area (Å²) in [5, 5.41) is 3.89. The largest absolute Gasteiger partial charge is 0.457 e. The second-order valence-electron chi connectivity index (χ2n) is 6.92. The number of nitrogens with one attached hydrogen (secondary N) is 1.